The van der Waals surface area contributed by atoms with E-state index in [1.165, 1.54) is 0 Å². The maximum atomic E-state index is 12.1. The Kier molecular flexibility index (Phi) is 3.70. The molecule has 17 heavy (non-hydrogen) atoms. The first-order valence-electron chi connectivity index (χ1n) is 3.98. The summed E-state index contributed by atoms with van der Waals surface area (Å²) in [5.41, 5.74) is 0. The third kappa shape index (κ3) is 3.62. The molecular formula is C8H4F6O2S. The average Bonchev–Trinajstić information content (AvgIpc) is 2.58. The molecule has 96 valence electrons. The molecule has 1 aromatic rings. The summed E-state index contributed by atoms with van der Waals surface area (Å²) in [7, 11) is 0. The average molecular weight is 278 g/mol. The standard InChI is InChI=1S/C8H4F6O2S/c9-7(10,11)6(8(12,13)14)16-4-1-5(2-15)17-3-4/h1-3,6H. The van der Waals surface area contributed by atoms with Crippen LogP contribution in [-0.2, 0) is 0 Å². The van der Waals surface area contributed by atoms with Gasteiger partial charge in [-0.1, -0.05) is 0 Å². The lowest BCUT2D eigenvalue weighted by Crippen LogP contribution is -2.46. The van der Waals surface area contributed by atoms with Crippen LogP contribution in [-0.4, -0.2) is 24.7 Å². The van der Waals surface area contributed by atoms with E-state index >= 15 is 0 Å². The molecule has 1 heterocycles. The topological polar surface area (TPSA) is 26.3 Å². The van der Waals surface area contributed by atoms with Crippen LogP contribution >= 0.6 is 11.3 Å². The first-order valence-corrected chi connectivity index (χ1v) is 4.86. The highest BCUT2D eigenvalue weighted by Crippen LogP contribution is 2.37. The number of halogens is 6. The van der Waals surface area contributed by atoms with Gasteiger partial charge in [0.25, 0.3) is 6.10 Å². The maximum Gasteiger partial charge on any atom is 0.434 e. The summed E-state index contributed by atoms with van der Waals surface area (Å²) in [6, 6.07) is 0.808. The van der Waals surface area contributed by atoms with Crippen molar-refractivity contribution in [3.8, 4) is 5.75 Å². The summed E-state index contributed by atoms with van der Waals surface area (Å²) in [6.07, 6.45) is -14.7. The van der Waals surface area contributed by atoms with Gasteiger partial charge < -0.3 is 4.74 Å². The quantitative estimate of drug-likeness (QED) is 0.625. The van der Waals surface area contributed by atoms with Crippen molar-refractivity contribution in [1.29, 1.82) is 0 Å². The zero-order chi connectivity index (χ0) is 13.3. The predicted molar refractivity (Wildman–Crippen MR) is 46.2 cm³/mol. The van der Waals surface area contributed by atoms with Crippen LogP contribution in [0.1, 0.15) is 9.67 Å². The molecule has 0 atom stereocenters. The van der Waals surface area contributed by atoms with Crippen molar-refractivity contribution in [2.24, 2.45) is 0 Å². The Morgan fingerprint density at radius 2 is 1.71 bits per heavy atom. The van der Waals surface area contributed by atoms with Gasteiger partial charge in [0.1, 0.15) is 5.75 Å². The summed E-state index contributed by atoms with van der Waals surface area (Å²) in [5.74, 6) is -0.642. The molecular weight excluding hydrogens is 274 g/mol. The van der Waals surface area contributed by atoms with Gasteiger partial charge in [0.2, 0.25) is 0 Å². The summed E-state index contributed by atoms with van der Waals surface area (Å²) in [4.78, 5) is 10.2. The van der Waals surface area contributed by atoms with E-state index in [4.69, 9.17) is 0 Å². The van der Waals surface area contributed by atoms with Crippen LogP contribution in [0.15, 0.2) is 11.4 Å². The molecule has 0 fully saturated rings. The van der Waals surface area contributed by atoms with Gasteiger partial charge in [0.15, 0.2) is 6.29 Å². The molecule has 0 saturated carbocycles. The Labute approximate surface area is 94.8 Å². The van der Waals surface area contributed by atoms with Gasteiger partial charge in [0, 0.05) is 11.4 Å². The van der Waals surface area contributed by atoms with E-state index in [1.807, 2.05) is 0 Å². The van der Waals surface area contributed by atoms with Crippen LogP contribution in [0.25, 0.3) is 0 Å². The lowest BCUT2D eigenvalue weighted by Gasteiger charge is -2.23. The molecule has 0 amide bonds. The minimum Gasteiger partial charge on any atom is -0.470 e. The van der Waals surface area contributed by atoms with E-state index in [9.17, 15) is 31.1 Å². The van der Waals surface area contributed by atoms with Gasteiger partial charge >= 0.3 is 12.4 Å². The summed E-state index contributed by atoms with van der Waals surface area (Å²) in [6.45, 7) is 0. The van der Waals surface area contributed by atoms with Gasteiger partial charge in [-0.2, -0.15) is 26.3 Å². The lowest BCUT2D eigenvalue weighted by molar-refractivity contribution is -0.299. The summed E-state index contributed by atoms with van der Waals surface area (Å²) in [5, 5.41) is 0.897. The van der Waals surface area contributed by atoms with Crippen molar-refractivity contribution < 1.29 is 35.9 Å². The number of carbonyl (C=O) groups excluding carboxylic acids is 1. The smallest absolute Gasteiger partial charge is 0.434 e. The fourth-order valence-electron chi connectivity index (χ4n) is 0.913. The maximum absolute atomic E-state index is 12.1. The summed E-state index contributed by atoms with van der Waals surface area (Å²) < 4.78 is 76.3. The Balaban J connectivity index is 2.91. The number of thiophene rings is 1. The van der Waals surface area contributed by atoms with Gasteiger partial charge in [-0.3, -0.25) is 4.79 Å². The molecule has 0 aliphatic heterocycles. The zero-order valence-corrected chi connectivity index (χ0v) is 8.62. The van der Waals surface area contributed by atoms with Crippen LogP contribution in [0.3, 0.4) is 0 Å². The highest BCUT2D eigenvalue weighted by Gasteiger charge is 2.59. The molecule has 0 radical (unpaired) electrons. The van der Waals surface area contributed by atoms with E-state index < -0.39 is 24.2 Å². The monoisotopic (exact) mass is 278 g/mol. The van der Waals surface area contributed by atoms with Crippen molar-refractivity contribution in [2.45, 2.75) is 18.5 Å². The summed E-state index contributed by atoms with van der Waals surface area (Å²) >= 11 is 0.685. The van der Waals surface area contributed by atoms with E-state index in [2.05, 4.69) is 4.74 Å². The molecule has 9 heteroatoms. The first-order chi connectivity index (χ1) is 7.64. The van der Waals surface area contributed by atoms with Gasteiger partial charge in [-0.25, -0.2) is 0 Å². The third-order valence-corrected chi connectivity index (χ3v) is 2.40. The Bertz CT molecular complexity index is 379. The largest absolute Gasteiger partial charge is 0.470 e. The van der Waals surface area contributed by atoms with Gasteiger partial charge in [-0.15, -0.1) is 11.3 Å². The Morgan fingerprint density at radius 1 is 1.18 bits per heavy atom. The van der Waals surface area contributed by atoms with Gasteiger partial charge in [-0.05, 0) is 0 Å². The highest BCUT2D eigenvalue weighted by molar-refractivity contribution is 7.11. The van der Waals surface area contributed by atoms with E-state index in [0.29, 0.717) is 17.6 Å². The number of rotatable bonds is 3. The molecule has 1 rings (SSSR count). The predicted octanol–water partition coefficient (Wildman–Crippen LogP) is 3.43. The van der Waals surface area contributed by atoms with Crippen molar-refractivity contribution in [3.63, 3.8) is 0 Å². The normalized spacial score (nSPS) is 12.9. The minimum absolute atomic E-state index is 0.0249. The van der Waals surface area contributed by atoms with Crippen molar-refractivity contribution in [2.75, 3.05) is 0 Å². The molecule has 1 aromatic heterocycles. The van der Waals surface area contributed by atoms with E-state index in [0.717, 1.165) is 11.4 Å². The fraction of sp³-hybridized carbons (Fsp3) is 0.375. The SMILES string of the molecule is O=Cc1cc(OC(C(F)(F)F)C(F)(F)F)cs1. The fourth-order valence-corrected chi connectivity index (χ4v) is 1.53. The van der Waals surface area contributed by atoms with Crippen molar-refractivity contribution in [1.82, 2.24) is 0 Å². The van der Waals surface area contributed by atoms with E-state index in [1.54, 1.807) is 0 Å². The minimum atomic E-state index is -5.57. The van der Waals surface area contributed by atoms with Crippen LogP contribution in [0, 0.1) is 0 Å². The molecule has 0 aromatic carbocycles. The Hall–Kier alpha value is -1.25. The molecule has 0 spiro atoms. The van der Waals surface area contributed by atoms with Gasteiger partial charge in [0.05, 0.1) is 4.88 Å². The number of alkyl halides is 6. The number of ether oxygens (including phenoxy) is 1. The van der Waals surface area contributed by atoms with Crippen LogP contribution in [0.5, 0.6) is 5.75 Å². The van der Waals surface area contributed by atoms with Crippen LogP contribution in [0.2, 0.25) is 0 Å². The molecule has 0 unspecified atom stereocenters. The molecule has 0 saturated heterocycles. The van der Waals surface area contributed by atoms with Crippen LogP contribution < -0.4 is 4.74 Å². The number of carbonyl (C=O) groups is 1. The molecule has 0 N–H and O–H groups in total. The molecule has 2 nitrogen and oxygen atoms in total. The van der Waals surface area contributed by atoms with Crippen LogP contribution in [0.4, 0.5) is 26.3 Å². The number of hydrogen-bond acceptors (Lipinski definition) is 3. The third-order valence-electron chi connectivity index (χ3n) is 1.56. The highest BCUT2D eigenvalue weighted by atomic mass is 32.1. The zero-order valence-electron chi connectivity index (χ0n) is 7.80. The molecule has 0 aliphatic carbocycles. The number of aldehydes is 1. The molecule has 0 bridgehead atoms. The second-order valence-corrected chi connectivity index (χ2v) is 3.83. The lowest BCUT2D eigenvalue weighted by atomic mass is 10.3. The van der Waals surface area contributed by atoms with Crippen molar-refractivity contribution >= 4 is 17.6 Å². The van der Waals surface area contributed by atoms with E-state index in [-0.39, 0.29) is 4.88 Å². The Morgan fingerprint density at radius 3 is 2.06 bits per heavy atom. The van der Waals surface area contributed by atoms with Crippen molar-refractivity contribution in [3.05, 3.63) is 16.3 Å². The second-order valence-electron chi connectivity index (χ2n) is 2.88. The first kappa shape index (κ1) is 13.8. The second kappa shape index (κ2) is 4.55. The number of hydrogen-bond donors (Lipinski definition) is 0. The molecule has 0 aliphatic rings.